The van der Waals surface area contributed by atoms with Crippen LogP contribution in [0, 0.1) is 19.7 Å². The van der Waals surface area contributed by atoms with Crippen LogP contribution >= 0.6 is 0 Å². The lowest BCUT2D eigenvalue weighted by molar-refractivity contribution is 0.628. The Hall–Kier alpha value is -2.36. The fourth-order valence-corrected chi connectivity index (χ4v) is 2.31. The van der Waals surface area contributed by atoms with Gasteiger partial charge in [0, 0.05) is 17.5 Å². The molecular formula is C15H14FN3. The Balaban J connectivity index is 2.28. The van der Waals surface area contributed by atoms with Crippen LogP contribution < -0.4 is 5.73 Å². The van der Waals surface area contributed by atoms with E-state index in [0.717, 1.165) is 28.2 Å². The molecule has 0 fully saturated rings. The second-order valence-electron chi connectivity index (χ2n) is 4.72. The lowest BCUT2D eigenvalue weighted by Gasteiger charge is -2.02. The number of halogens is 1. The molecule has 3 aromatic rings. The van der Waals surface area contributed by atoms with Gasteiger partial charge in [-0.25, -0.2) is 9.37 Å². The van der Waals surface area contributed by atoms with Crippen molar-refractivity contribution in [3.8, 4) is 11.3 Å². The van der Waals surface area contributed by atoms with E-state index < -0.39 is 0 Å². The SMILES string of the molecule is Cc1cc(N)c2nc(-c3ccc(F)cc3)c(C)n2c1. The molecule has 0 saturated carbocycles. The van der Waals surface area contributed by atoms with Gasteiger partial charge in [0.05, 0.1) is 11.4 Å². The molecule has 19 heavy (non-hydrogen) atoms. The van der Waals surface area contributed by atoms with Crippen molar-refractivity contribution in [3.63, 3.8) is 0 Å². The molecule has 0 radical (unpaired) electrons. The third kappa shape index (κ3) is 1.85. The molecule has 0 atom stereocenters. The van der Waals surface area contributed by atoms with E-state index in [0.29, 0.717) is 5.69 Å². The van der Waals surface area contributed by atoms with Gasteiger partial charge >= 0.3 is 0 Å². The first-order valence-electron chi connectivity index (χ1n) is 6.07. The average Bonchev–Trinajstić information content (AvgIpc) is 2.69. The van der Waals surface area contributed by atoms with Gasteiger partial charge in [0.15, 0.2) is 5.65 Å². The van der Waals surface area contributed by atoms with Gasteiger partial charge in [0.25, 0.3) is 0 Å². The van der Waals surface area contributed by atoms with Gasteiger partial charge in [0.2, 0.25) is 0 Å². The fraction of sp³-hybridized carbons (Fsp3) is 0.133. The average molecular weight is 255 g/mol. The van der Waals surface area contributed by atoms with E-state index in [-0.39, 0.29) is 5.82 Å². The highest BCUT2D eigenvalue weighted by atomic mass is 19.1. The summed E-state index contributed by atoms with van der Waals surface area (Å²) < 4.78 is 15.0. The highest BCUT2D eigenvalue weighted by molar-refractivity contribution is 5.73. The molecule has 2 heterocycles. The first-order chi connectivity index (χ1) is 9.06. The van der Waals surface area contributed by atoms with Crippen LogP contribution in [-0.4, -0.2) is 9.38 Å². The smallest absolute Gasteiger partial charge is 0.160 e. The third-order valence-electron chi connectivity index (χ3n) is 3.24. The van der Waals surface area contributed by atoms with E-state index in [1.165, 1.54) is 12.1 Å². The molecule has 0 bridgehead atoms. The van der Waals surface area contributed by atoms with E-state index in [9.17, 15) is 4.39 Å². The predicted octanol–water partition coefficient (Wildman–Crippen LogP) is 3.34. The number of fused-ring (bicyclic) bond motifs is 1. The summed E-state index contributed by atoms with van der Waals surface area (Å²) in [5.41, 5.74) is 11.2. The van der Waals surface area contributed by atoms with Crippen molar-refractivity contribution >= 4 is 11.3 Å². The molecule has 3 nitrogen and oxygen atoms in total. The number of pyridine rings is 1. The summed E-state index contributed by atoms with van der Waals surface area (Å²) in [6, 6.07) is 8.23. The van der Waals surface area contributed by atoms with Crippen LogP contribution in [0.1, 0.15) is 11.3 Å². The highest BCUT2D eigenvalue weighted by Crippen LogP contribution is 2.26. The third-order valence-corrected chi connectivity index (χ3v) is 3.24. The Morgan fingerprint density at radius 1 is 1.16 bits per heavy atom. The zero-order valence-corrected chi connectivity index (χ0v) is 10.8. The summed E-state index contributed by atoms with van der Waals surface area (Å²) in [6.07, 6.45) is 2.00. The maximum absolute atomic E-state index is 13.0. The number of hydrogen-bond donors (Lipinski definition) is 1. The molecule has 0 amide bonds. The lowest BCUT2D eigenvalue weighted by atomic mass is 10.1. The van der Waals surface area contributed by atoms with E-state index in [1.54, 1.807) is 12.1 Å². The summed E-state index contributed by atoms with van der Waals surface area (Å²) in [7, 11) is 0. The standard InChI is InChI=1S/C15H14FN3/c1-9-7-13(17)15-18-14(10(2)19(15)8-9)11-3-5-12(16)6-4-11/h3-8H,17H2,1-2H3. The van der Waals surface area contributed by atoms with Crippen LogP contribution in [-0.2, 0) is 0 Å². The molecule has 0 aliphatic heterocycles. The highest BCUT2D eigenvalue weighted by Gasteiger charge is 2.12. The monoisotopic (exact) mass is 255 g/mol. The number of benzene rings is 1. The minimum atomic E-state index is -0.250. The van der Waals surface area contributed by atoms with Crippen LogP contribution in [0.15, 0.2) is 36.5 Å². The Bertz CT molecular complexity index is 757. The Morgan fingerprint density at radius 2 is 1.84 bits per heavy atom. The summed E-state index contributed by atoms with van der Waals surface area (Å²) >= 11 is 0. The van der Waals surface area contributed by atoms with Gasteiger partial charge in [-0.2, -0.15) is 0 Å². The minimum absolute atomic E-state index is 0.250. The molecule has 3 rings (SSSR count). The second kappa shape index (κ2) is 4.09. The normalized spacial score (nSPS) is 11.1. The quantitative estimate of drug-likeness (QED) is 0.724. The molecule has 0 aliphatic rings. The molecule has 2 N–H and O–H groups in total. The summed E-state index contributed by atoms with van der Waals surface area (Å²) in [4.78, 5) is 4.57. The van der Waals surface area contributed by atoms with Crippen LogP contribution in [0.5, 0.6) is 0 Å². The number of nitrogen functional groups attached to an aromatic ring is 1. The number of anilines is 1. The van der Waals surface area contributed by atoms with Crippen LogP contribution in [0.4, 0.5) is 10.1 Å². The molecule has 1 aromatic carbocycles. The zero-order chi connectivity index (χ0) is 13.6. The summed E-state index contributed by atoms with van der Waals surface area (Å²) in [5.74, 6) is -0.250. The number of rotatable bonds is 1. The van der Waals surface area contributed by atoms with E-state index in [4.69, 9.17) is 5.73 Å². The number of hydrogen-bond acceptors (Lipinski definition) is 2. The Kier molecular flexibility index (Phi) is 2.52. The number of aryl methyl sites for hydroxylation is 2. The molecule has 0 aliphatic carbocycles. The maximum atomic E-state index is 13.0. The van der Waals surface area contributed by atoms with E-state index >= 15 is 0 Å². The van der Waals surface area contributed by atoms with Gasteiger partial charge in [0.1, 0.15) is 5.82 Å². The molecule has 0 unspecified atom stereocenters. The van der Waals surface area contributed by atoms with Crippen molar-refractivity contribution in [1.29, 1.82) is 0 Å². The van der Waals surface area contributed by atoms with E-state index in [2.05, 4.69) is 4.98 Å². The maximum Gasteiger partial charge on any atom is 0.160 e. The number of nitrogens with zero attached hydrogens (tertiary/aromatic N) is 2. The fourth-order valence-electron chi connectivity index (χ4n) is 2.31. The molecule has 0 spiro atoms. The first-order valence-corrected chi connectivity index (χ1v) is 6.07. The first kappa shape index (κ1) is 11.7. The van der Waals surface area contributed by atoms with Crippen molar-refractivity contribution in [2.24, 2.45) is 0 Å². The van der Waals surface area contributed by atoms with Crippen molar-refractivity contribution in [3.05, 3.63) is 53.6 Å². The Labute approximate surface area is 110 Å². The van der Waals surface area contributed by atoms with Gasteiger partial charge in [-0.15, -0.1) is 0 Å². The van der Waals surface area contributed by atoms with Crippen molar-refractivity contribution in [2.75, 3.05) is 5.73 Å². The van der Waals surface area contributed by atoms with Crippen molar-refractivity contribution in [1.82, 2.24) is 9.38 Å². The van der Waals surface area contributed by atoms with Gasteiger partial charge in [-0.1, -0.05) is 0 Å². The second-order valence-corrected chi connectivity index (χ2v) is 4.72. The van der Waals surface area contributed by atoms with Crippen LogP contribution in [0.3, 0.4) is 0 Å². The molecular weight excluding hydrogens is 241 g/mol. The molecule has 2 aromatic heterocycles. The predicted molar refractivity (Wildman–Crippen MR) is 74.5 cm³/mol. The minimum Gasteiger partial charge on any atom is -0.396 e. The topological polar surface area (TPSA) is 43.3 Å². The van der Waals surface area contributed by atoms with Crippen LogP contribution in [0.2, 0.25) is 0 Å². The lowest BCUT2D eigenvalue weighted by Crippen LogP contribution is -1.95. The Morgan fingerprint density at radius 3 is 2.53 bits per heavy atom. The zero-order valence-electron chi connectivity index (χ0n) is 10.8. The van der Waals surface area contributed by atoms with Gasteiger partial charge in [-0.3, -0.25) is 0 Å². The number of aromatic nitrogens is 2. The molecule has 96 valence electrons. The molecule has 4 heteroatoms. The summed E-state index contributed by atoms with van der Waals surface area (Å²) in [6.45, 7) is 3.98. The number of imidazole rings is 1. The number of nitrogens with two attached hydrogens (primary N) is 1. The largest absolute Gasteiger partial charge is 0.396 e. The summed E-state index contributed by atoms with van der Waals surface area (Å²) in [5, 5.41) is 0. The van der Waals surface area contributed by atoms with Crippen molar-refractivity contribution in [2.45, 2.75) is 13.8 Å². The van der Waals surface area contributed by atoms with Gasteiger partial charge < -0.3 is 10.1 Å². The molecule has 0 saturated heterocycles. The van der Waals surface area contributed by atoms with Gasteiger partial charge in [-0.05, 0) is 49.7 Å². The van der Waals surface area contributed by atoms with Crippen LogP contribution in [0.25, 0.3) is 16.9 Å². The van der Waals surface area contributed by atoms with E-state index in [1.807, 2.05) is 30.5 Å². The van der Waals surface area contributed by atoms with Crippen molar-refractivity contribution < 1.29 is 4.39 Å².